The van der Waals surface area contributed by atoms with Crippen LogP contribution in [-0.4, -0.2) is 57.5 Å². The summed E-state index contributed by atoms with van der Waals surface area (Å²) >= 11 is 12.1. The van der Waals surface area contributed by atoms with Crippen LogP contribution in [0.25, 0.3) is 6.08 Å². The zero-order valence-corrected chi connectivity index (χ0v) is 19.1. The van der Waals surface area contributed by atoms with Gasteiger partial charge in [-0.1, -0.05) is 41.4 Å². The lowest BCUT2D eigenvalue weighted by Gasteiger charge is -2.26. The minimum absolute atomic E-state index is 0.0150. The molecule has 1 amide bonds. The number of carbonyl (C=O) groups excluding carboxylic acids is 2. The molecule has 0 unspecified atom stereocenters. The Morgan fingerprint density at radius 1 is 1.09 bits per heavy atom. The van der Waals surface area contributed by atoms with Crippen LogP contribution in [0.15, 0.2) is 53.4 Å². The molecule has 170 valence electrons. The Labute approximate surface area is 195 Å². The van der Waals surface area contributed by atoms with E-state index in [1.165, 1.54) is 28.6 Å². The van der Waals surface area contributed by atoms with Crippen molar-refractivity contribution in [2.75, 3.05) is 38.2 Å². The first-order chi connectivity index (χ1) is 15.3. The number of nitrogens with one attached hydrogen (secondary N) is 1. The van der Waals surface area contributed by atoms with Gasteiger partial charge in [-0.05, 0) is 35.9 Å². The van der Waals surface area contributed by atoms with Crippen molar-refractivity contribution in [3.63, 3.8) is 0 Å². The first-order valence-corrected chi connectivity index (χ1v) is 11.7. The second kappa shape index (κ2) is 10.9. The van der Waals surface area contributed by atoms with Crippen LogP contribution in [0, 0.1) is 0 Å². The van der Waals surface area contributed by atoms with Gasteiger partial charge in [0, 0.05) is 24.2 Å². The van der Waals surface area contributed by atoms with E-state index in [4.69, 9.17) is 32.7 Å². The predicted octanol–water partition coefficient (Wildman–Crippen LogP) is 3.21. The number of sulfonamides is 1. The molecule has 0 aliphatic carbocycles. The van der Waals surface area contributed by atoms with Gasteiger partial charge in [-0.3, -0.25) is 4.79 Å². The summed E-state index contributed by atoms with van der Waals surface area (Å²) in [6, 6.07) is 10.9. The van der Waals surface area contributed by atoms with Gasteiger partial charge in [0.1, 0.15) is 0 Å². The molecule has 0 bridgehead atoms. The van der Waals surface area contributed by atoms with E-state index in [0.717, 1.165) is 6.08 Å². The number of nitrogens with zero attached hydrogens (tertiary/aromatic N) is 1. The quantitative estimate of drug-likeness (QED) is 0.464. The highest BCUT2D eigenvalue weighted by molar-refractivity contribution is 7.89. The maximum atomic E-state index is 12.8. The molecule has 2 aromatic rings. The maximum absolute atomic E-state index is 12.8. The van der Waals surface area contributed by atoms with E-state index in [0.29, 0.717) is 23.8 Å². The number of halogens is 2. The van der Waals surface area contributed by atoms with E-state index in [9.17, 15) is 18.0 Å². The lowest BCUT2D eigenvalue weighted by molar-refractivity contribution is -0.142. The summed E-state index contributed by atoms with van der Waals surface area (Å²) in [5.41, 5.74) is 0.717. The van der Waals surface area contributed by atoms with E-state index in [-0.39, 0.29) is 28.7 Å². The van der Waals surface area contributed by atoms with E-state index >= 15 is 0 Å². The Balaban J connectivity index is 1.60. The molecule has 0 aromatic heterocycles. The minimum atomic E-state index is -3.76. The third-order valence-corrected chi connectivity index (χ3v) is 7.04. The van der Waals surface area contributed by atoms with Crippen LogP contribution in [-0.2, 0) is 29.1 Å². The number of benzene rings is 2. The molecule has 0 atom stereocenters. The SMILES string of the molecule is O=C(COC(=O)/C=C/c1ccccc1Cl)Nc1cc(S(=O)(=O)N2CCOCC2)ccc1Cl. The highest BCUT2D eigenvalue weighted by Crippen LogP contribution is 2.27. The van der Waals surface area contributed by atoms with Crippen molar-refractivity contribution in [2.24, 2.45) is 0 Å². The second-order valence-electron chi connectivity index (χ2n) is 6.67. The fraction of sp³-hybridized carbons (Fsp3) is 0.238. The molecule has 8 nitrogen and oxygen atoms in total. The highest BCUT2D eigenvalue weighted by atomic mass is 35.5. The van der Waals surface area contributed by atoms with E-state index < -0.39 is 28.5 Å². The van der Waals surface area contributed by atoms with Gasteiger partial charge in [0.2, 0.25) is 10.0 Å². The average Bonchev–Trinajstić information content (AvgIpc) is 2.79. The topological polar surface area (TPSA) is 102 Å². The fourth-order valence-corrected chi connectivity index (χ4v) is 4.63. The fourth-order valence-electron chi connectivity index (χ4n) is 2.84. The molecule has 0 spiro atoms. The standard InChI is InChI=1S/C21H20Cl2N2O6S/c22-17-4-2-1-3-15(17)5-8-21(27)31-14-20(26)24-19-13-16(6-7-18(19)23)32(28,29)25-9-11-30-12-10-25/h1-8,13H,9-12,14H2,(H,24,26)/b8-5+. The van der Waals surface area contributed by atoms with E-state index in [1.807, 2.05) is 0 Å². The van der Waals surface area contributed by atoms with Crippen molar-refractivity contribution < 1.29 is 27.5 Å². The van der Waals surface area contributed by atoms with Gasteiger partial charge in [0.05, 0.1) is 28.8 Å². The molecule has 1 fully saturated rings. The maximum Gasteiger partial charge on any atom is 0.331 e. The van der Waals surface area contributed by atoms with Crippen molar-refractivity contribution in [3.8, 4) is 0 Å². The van der Waals surface area contributed by atoms with Crippen molar-refractivity contribution in [2.45, 2.75) is 4.90 Å². The highest BCUT2D eigenvalue weighted by Gasteiger charge is 2.27. The van der Waals surface area contributed by atoms with Gasteiger partial charge < -0.3 is 14.8 Å². The van der Waals surface area contributed by atoms with Crippen LogP contribution >= 0.6 is 23.2 Å². The summed E-state index contributed by atoms with van der Waals surface area (Å²) in [6.45, 7) is 0.524. The number of carbonyl (C=O) groups is 2. The van der Waals surface area contributed by atoms with Gasteiger partial charge >= 0.3 is 5.97 Å². The summed E-state index contributed by atoms with van der Waals surface area (Å²) < 4.78 is 37.0. The summed E-state index contributed by atoms with van der Waals surface area (Å²) in [4.78, 5) is 24.0. The molecule has 11 heteroatoms. The Bertz CT molecular complexity index is 1130. The van der Waals surface area contributed by atoms with E-state index in [1.54, 1.807) is 24.3 Å². The molecule has 2 aromatic carbocycles. The number of hydrogen-bond donors (Lipinski definition) is 1. The number of amides is 1. The first-order valence-electron chi connectivity index (χ1n) is 9.54. The molecular weight excluding hydrogens is 479 g/mol. The smallest absolute Gasteiger partial charge is 0.331 e. The van der Waals surface area contributed by atoms with Crippen molar-refractivity contribution in [1.29, 1.82) is 0 Å². The van der Waals surface area contributed by atoms with Gasteiger partial charge in [0.25, 0.3) is 5.91 Å². The van der Waals surface area contributed by atoms with Crippen LogP contribution in [0.2, 0.25) is 10.0 Å². The summed E-state index contributed by atoms with van der Waals surface area (Å²) in [5, 5.41) is 3.07. The Hall–Kier alpha value is -2.43. The number of rotatable bonds is 7. The van der Waals surface area contributed by atoms with Gasteiger partial charge in [-0.2, -0.15) is 4.31 Å². The number of esters is 1. The molecule has 1 aliphatic heterocycles. The molecule has 0 saturated carbocycles. The Morgan fingerprint density at radius 2 is 1.81 bits per heavy atom. The summed E-state index contributed by atoms with van der Waals surface area (Å²) in [5.74, 6) is -1.41. The van der Waals surface area contributed by atoms with Crippen LogP contribution in [0.4, 0.5) is 5.69 Å². The van der Waals surface area contributed by atoms with Crippen LogP contribution in [0.3, 0.4) is 0 Å². The van der Waals surface area contributed by atoms with Crippen molar-refractivity contribution in [3.05, 3.63) is 64.1 Å². The predicted molar refractivity (Wildman–Crippen MR) is 121 cm³/mol. The zero-order valence-electron chi connectivity index (χ0n) is 16.8. The molecule has 1 aliphatic rings. The summed E-state index contributed by atoms with van der Waals surface area (Å²) in [6.07, 6.45) is 2.62. The number of anilines is 1. The van der Waals surface area contributed by atoms with Crippen molar-refractivity contribution >= 4 is 56.9 Å². The molecule has 3 rings (SSSR count). The van der Waals surface area contributed by atoms with Crippen LogP contribution in [0.1, 0.15) is 5.56 Å². The van der Waals surface area contributed by atoms with Crippen LogP contribution < -0.4 is 5.32 Å². The van der Waals surface area contributed by atoms with Gasteiger partial charge in [0.15, 0.2) is 6.61 Å². The molecule has 1 heterocycles. The number of ether oxygens (including phenoxy) is 2. The lowest BCUT2D eigenvalue weighted by atomic mass is 10.2. The molecular formula is C21H20Cl2N2O6S. The third-order valence-electron chi connectivity index (χ3n) is 4.47. The zero-order chi connectivity index (χ0) is 23.1. The van der Waals surface area contributed by atoms with Gasteiger partial charge in [-0.25, -0.2) is 13.2 Å². The molecule has 32 heavy (non-hydrogen) atoms. The number of hydrogen-bond acceptors (Lipinski definition) is 6. The second-order valence-corrected chi connectivity index (χ2v) is 9.42. The Morgan fingerprint density at radius 3 is 2.53 bits per heavy atom. The minimum Gasteiger partial charge on any atom is -0.452 e. The monoisotopic (exact) mass is 498 g/mol. The average molecular weight is 499 g/mol. The third kappa shape index (κ3) is 6.30. The van der Waals surface area contributed by atoms with Crippen molar-refractivity contribution in [1.82, 2.24) is 4.31 Å². The Kier molecular flexibility index (Phi) is 8.27. The van der Waals surface area contributed by atoms with E-state index in [2.05, 4.69) is 5.32 Å². The normalized spacial score (nSPS) is 14.9. The largest absolute Gasteiger partial charge is 0.452 e. The molecule has 1 N–H and O–H groups in total. The van der Waals surface area contributed by atoms with Crippen LogP contribution in [0.5, 0.6) is 0 Å². The number of morpholine rings is 1. The summed E-state index contributed by atoms with van der Waals surface area (Å²) in [7, 11) is -3.76. The molecule has 0 radical (unpaired) electrons. The lowest BCUT2D eigenvalue weighted by Crippen LogP contribution is -2.40. The first kappa shape index (κ1) is 24.2. The molecule has 1 saturated heterocycles. The van der Waals surface area contributed by atoms with Gasteiger partial charge in [-0.15, -0.1) is 0 Å².